The lowest BCUT2D eigenvalue weighted by Gasteiger charge is -2.26. The van der Waals surface area contributed by atoms with Crippen molar-refractivity contribution in [2.45, 2.75) is 26.0 Å². The number of likely N-dealkylation sites (N-methyl/N-ethyl adjacent to an activating group) is 1. The van der Waals surface area contributed by atoms with E-state index in [1.165, 1.54) is 6.07 Å². The van der Waals surface area contributed by atoms with E-state index in [1.54, 1.807) is 18.2 Å². The van der Waals surface area contributed by atoms with E-state index in [0.717, 1.165) is 19.6 Å². The predicted molar refractivity (Wildman–Crippen MR) is 83.6 cm³/mol. The quantitative estimate of drug-likeness (QED) is 0.903. The van der Waals surface area contributed by atoms with Gasteiger partial charge in [-0.3, -0.25) is 0 Å². The van der Waals surface area contributed by atoms with Gasteiger partial charge in [-0.05, 0) is 32.0 Å². The zero-order valence-corrected chi connectivity index (χ0v) is 13.5. The Balaban J connectivity index is 1.96. The van der Waals surface area contributed by atoms with Crippen molar-refractivity contribution < 1.29 is 9.50 Å². The number of aliphatic hydroxyl groups excluding tert-OH is 1. The van der Waals surface area contributed by atoms with Crippen LogP contribution in [0.5, 0.6) is 0 Å². The number of rotatable bonds is 5. The summed E-state index contributed by atoms with van der Waals surface area (Å²) < 4.78 is 13.8. The Morgan fingerprint density at radius 2 is 2.00 bits per heavy atom. The fourth-order valence-corrected chi connectivity index (χ4v) is 3.40. The molecule has 4 unspecified atom stereocenters. The maximum Gasteiger partial charge on any atom is 0.129 e. The van der Waals surface area contributed by atoms with Crippen molar-refractivity contribution in [2.75, 3.05) is 33.7 Å². The smallest absolute Gasteiger partial charge is 0.129 e. The Morgan fingerprint density at radius 1 is 1.33 bits per heavy atom. The van der Waals surface area contributed by atoms with Gasteiger partial charge in [0.2, 0.25) is 0 Å². The zero-order valence-electron chi connectivity index (χ0n) is 13.5. The normalized spacial score (nSPS) is 26.2. The molecule has 0 amide bonds. The van der Waals surface area contributed by atoms with Gasteiger partial charge in [-0.1, -0.05) is 32.0 Å². The molecule has 21 heavy (non-hydrogen) atoms. The highest BCUT2D eigenvalue weighted by molar-refractivity contribution is 5.20. The SMILES string of the molecule is CC(CN1CC(C)C(N(C)C)C1)C(O)c1ccccc1F. The lowest BCUT2D eigenvalue weighted by Crippen LogP contribution is -2.35. The number of hydrogen-bond acceptors (Lipinski definition) is 3. The van der Waals surface area contributed by atoms with Crippen LogP contribution in [0.3, 0.4) is 0 Å². The second-order valence-corrected chi connectivity index (χ2v) is 6.67. The van der Waals surface area contributed by atoms with Gasteiger partial charge in [-0.15, -0.1) is 0 Å². The first-order valence-electron chi connectivity index (χ1n) is 7.71. The average Bonchev–Trinajstić information content (AvgIpc) is 2.79. The van der Waals surface area contributed by atoms with E-state index >= 15 is 0 Å². The molecule has 1 aliphatic rings. The fourth-order valence-electron chi connectivity index (χ4n) is 3.40. The van der Waals surface area contributed by atoms with Crippen LogP contribution in [0.2, 0.25) is 0 Å². The summed E-state index contributed by atoms with van der Waals surface area (Å²) in [5.74, 6) is 0.311. The van der Waals surface area contributed by atoms with Crippen LogP contribution < -0.4 is 0 Å². The molecule has 0 aliphatic carbocycles. The topological polar surface area (TPSA) is 26.7 Å². The molecule has 4 heteroatoms. The molecule has 4 atom stereocenters. The van der Waals surface area contributed by atoms with Crippen molar-refractivity contribution in [1.29, 1.82) is 0 Å². The molecule has 1 aromatic rings. The third-order valence-electron chi connectivity index (χ3n) is 4.62. The molecule has 1 N–H and O–H groups in total. The molecule has 0 spiro atoms. The summed E-state index contributed by atoms with van der Waals surface area (Å²) in [6.45, 7) is 7.11. The van der Waals surface area contributed by atoms with Crippen LogP contribution in [0, 0.1) is 17.7 Å². The highest BCUT2D eigenvalue weighted by Crippen LogP contribution is 2.27. The van der Waals surface area contributed by atoms with Crippen LogP contribution >= 0.6 is 0 Å². The van der Waals surface area contributed by atoms with Crippen molar-refractivity contribution in [2.24, 2.45) is 11.8 Å². The maximum atomic E-state index is 13.8. The van der Waals surface area contributed by atoms with Gasteiger partial charge in [-0.2, -0.15) is 0 Å². The molecule has 0 bridgehead atoms. The number of aliphatic hydroxyl groups is 1. The van der Waals surface area contributed by atoms with Crippen molar-refractivity contribution in [3.63, 3.8) is 0 Å². The summed E-state index contributed by atoms with van der Waals surface area (Å²) in [7, 11) is 4.23. The molecule has 1 heterocycles. The van der Waals surface area contributed by atoms with E-state index < -0.39 is 6.10 Å². The molecule has 1 fully saturated rings. The summed E-state index contributed by atoms with van der Waals surface area (Å²) in [4.78, 5) is 4.65. The van der Waals surface area contributed by atoms with Crippen LogP contribution in [0.1, 0.15) is 25.5 Å². The van der Waals surface area contributed by atoms with E-state index in [9.17, 15) is 9.50 Å². The molecule has 1 aromatic carbocycles. The van der Waals surface area contributed by atoms with E-state index in [0.29, 0.717) is 17.5 Å². The van der Waals surface area contributed by atoms with Crippen LogP contribution in [-0.2, 0) is 0 Å². The number of hydrogen-bond donors (Lipinski definition) is 1. The molecule has 1 saturated heterocycles. The van der Waals surface area contributed by atoms with Gasteiger partial charge in [0, 0.05) is 31.2 Å². The molecule has 0 aromatic heterocycles. The van der Waals surface area contributed by atoms with Gasteiger partial charge in [0.15, 0.2) is 0 Å². The number of nitrogens with zero attached hydrogens (tertiary/aromatic N) is 2. The van der Waals surface area contributed by atoms with Gasteiger partial charge in [0.05, 0.1) is 6.10 Å². The summed E-state index contributed by atoms with van der Waals surface area (Å²) >= 11 is 0. The molecule has 0 radical (unpaired) electrons. The third-order valence-corrected chi connectivity index (χ3v) is 4.62. The molecular weight excluding hydrogens is 267 g/mol. The summed E-state index contributed by atoms with van der Waals surface area (Å²) in [6.07, 6.45) is -0.750. The van der Waals surface area contributed by atoms with E-state index in [1.807, 2.05) is 6.92 Å². The summed E-state index contributed by atoms with van der Waals surface area (Å²) in [5, 5.41) is 10.4. The summed E-state index contributed by atoms with van der Waals surface area (Å²) in [6, 6.07) is 7.06. The van der Waals surface area contributed by atoms with Crippen molar-refractivity contribution in [1.82, 2.24) is 9.80 Å². The van der Waals surface area contributed by atoms with Crippen molar-refractivity contribution in [3.05, 3.63) is 35.6 Å². The van der Waals surface area contributed by atoms with Crippen LogP contribution in [0.25, 0.3) is 0 Å². The lowest BCUT2D eigenvalue weighted by atomic mass is 9.96. The Hall–Kier alpha value is -0.970. The molecule has 118 valence electrons. The van der Waals surface area contributed by atoms with Gasteiger partial charge in [0.25, 0.3) is 0 Å². The van der Waals surface area contributed by atoms with Crippen LogP contribution in [-0.4, -0.2) is 54.7 Å². The van der Waals surface area contributed by atoms with Gasteiger partial charge >= 0.3 is 0 Å². The van der Waals surface area contributed by atoms with Crippen LogP contribution in [0.4, 0.5) is 4.39 Å². The van der Waals surface area contributed by atoms with Gasteiger partial charge in [0.1, 0.15) is 5.82 Å². The highest BCUT2D eigenvalue weighted by Gasteiger charge is 2.32. The Labute approximate surface area is 127 Å². The maximum absolute atomic E-state index is 13.8. The number of halogens is 1. The highest BCUT2D eigenvalue weighted by atomic mass is 19.1. The van der Waals surface area contributed by atoms with Crippen molar-refractivity contribution >= 4 is 0 Å². The van der Waals surface area contributed by atoms with E-state index in [2.05, 4.69) is 30.8 Å². The van der Waals surface area contributed by atoms with Crippen molar-refractivity contribution in [3.8, 4) is 0 Å². The molecule has 0 saturated carbocycles. The fraction of sp³-hybridized carbons (Fsp3) is 0.647. The first-order chi connectivity index (χ1) is 9.90. The lowest BCUT2D eigenvalue weighted by molar-refractivity contribution is 0.0894. The Morgan fingerprint density at radius 3 is 2.57 bits per heavy atom. The second-order valence-electron chi connectivity index (χ2n) is 6.67. The minimum Gasteiger partial charge on any atom is -0.388 e. The second kappa shape index (κ2) is 6.86. The third kappa shape index (κ3) is 3.82. The summed E-state index contributed by atoms with van der Waals surface area (Å²) in [5.41, 5.74) is 0.404. The average molecular weight is 294 g/mol. The number of benzene rings is 1. The monoisotopic (exact) mass is 294 g/mol. The van der Waals surface area contributed by atoms with E-state index in [-0.39, 0.29) is 11.7 Å². The standard InChI is InChI=1S/C17H27FN2O/c1-12-9-20(11-16(12)19(3)4)10-13(2)17(21)14-7-5-6-8-15(14)18/h5-8,12-13,16-17,21H,9-11H2,1-4H3. The van der Waals surface area contributed by atoms with Gasteiger partial charge in [-0.25, -0.2) is 4.39 Å². The molecule has 3 nitrogen and oxygen atoms in total. The largest absolute Gasteiger partial charge is 0.388 e. The number of likely N-dealkylation sites (tertiary alicyclic amines) is 1. The molecular formula is C17H27FN2O. The Kier molecular flexibility index (Phi) is 5.36. The minimum atomic E-state index is -0.750. The van der Waals surface area contributed by atoms with Crippen LogP contribution in [0.15, 0.2) is 24.3 Å². The Bertz CT molecular complexity index is 466. The molecule has 1 aliphatic heterocycles. The van der Waals surface area contributed by atoms with Gasteiger partial charge < -0.3 is 14.9 Å². The minimum absolute atomic E-state index is 0.00927. The first-order valence-corrected chi connectivity index (χ1v) is 7.71. The van der Waals surface area contributed by atoms with E-state index in [4.69, 9.17) is 0 Å². The first kappa shape index (κ1) is 16.4. The molecule has 2 rings (SSSR count). The predicted octanol–water partition coefficient (Wildman–Crippen LogP) is 2.38. The zero-order chi connectivity index (χ0) is 15.6.